The number of aromatic hydroxyl groups is 2. The molecule has 40 heavy (non-hydrogen) atoms. The molecule has 0 bridgehead atoms. The van der Waals surface area contributed by atoms with Crippen LogP contribution in [0, 0.1) is 5.92 Å². The van der Waals surface area contributed by atoms with Crippen molar-refractivity contribution < 1.29 is 19.7 Å². The predicted molar refractivity (Wildman–Crippen MR) is 170 cm³/mol. The molecule has 1 aromatic carbocycles. The number of carbonyl (C=O) groups excluding carboxylic acids is 1. The first-order valence-electron chi connectivity index (χ1n) is 16.9. The Kier molecular flexibility index (Phi) is 20.8. The number of rotatable bonds is 26. The number of carbonyl (C=O) groups is 1. The molecule has 0 aliphatic heterocycles. The number of esters is 1. The molecule has 0 saturated carbocycles. The highest BCUT2D eigenvalue weighted by atomic mass is 16.5. The zero-order valence-electron chi connectivity index (χ0n) is 26.8. The fourth-order valence-corrected chi connectivity index (χ4v) is 5.68. The van der Waals surface area contributed by atoms with Crippen LogP contribution < -0.4 is 0 Å². The molecule has 0 amide bonds. The highest BCUT2D eigenvalue weighted by molar-refractivity contribution is 5.69. The molecule has 1 rings (SSSR count). The molecule has 1 unspecified atom stereocenters. The van der Waals surface area contributed by atoms with E-state index in [-0.39, 0.29) is 22.9 Å². The molecule has 0 aliphatic rings. The summed E-state index contributed by atoms with van der Waals surface area (Å²) in [5.74, 6) is 0.864. The van der Waals surface area contributed by atoms with Crippen molar-refractivity contribution in [3.8, 4) is 11.5 Å². The van der Waals surface area contributed by atoms with E-state index in [1.165, 1.54) is 102 Å². The van der Waals surface area contributed by atoms with Crippen molar-refractivity contribution in [2.24, 2.45) is 5.92 Å². The Balaban J connectivity index is 1.91. The average Bonchev–Trinajstić information content (AvgIpc) is 2.91. The molecule has 0 heterocycles. The van der Waals surface area contributed by atoms with Crippen molar-refractivity contribution in [2.75, 3.05) is 6.61 Å². The van der Waals surface area contributed by atoms with Gasteiger partial charge in [0, 0.05) is 12.0 Å². The van der Waals surface area contributed by atoms with E-state index in [1.54, 1.807) is 12.1 Å². The molecule has 0 saturated heterocycles. The third kappa shape index (κ3) is 18.6. The van der Waals surface area contributed by atoms with Gasteiger partial charge in [-0.15, -0.1) is 0 Å². The van der Waals surface area contributed by atoms with Gasteiger partial charge in [0.25, 0.3) is 0 Å². The molecule has 0 fully saturated rings. The Labute approximate surface area is 247 Å². The quantitative estimate of drug-likeness (QED) is 0.0671. The van der Waals surface area contributed by atoms with Crippen LogP contribution in [0.4, 0.5) is 0 Å². The van der Waals surface area contributed by atoms with Gasteiger partial charge in [-0.2, -0.15) is 0 Å². The number of unbranched alkanes of at least 4 members (excludes halogenated alkanes) is 16. The summed E-state index contributed by atoms with van der Waals surface area (Å²) >= 11 is 0. The molecule has 0 aliphatic carbocycles. The predicted octanol–water partition coefficient (Wildman–Crippen LogP) is 11.2. The first kappa shape index (κ1) is 36.3. The molecule has 2 N–H and O–H groups in total. The van der Waals surface area contributed by atoms with Crippen LogP contribution in [0.5, 0.6) is 11.5 Å². The maximum atomic E-state index is 12.1. The first-order chi connectivity index (χ1) is 19.3. The van der Waals surface area contributed by atoms with Gasteiger partial charge in [-0.25, -0.2) is 0 Å². The zero-order chi connectivity index (χ0) is 29.5. The van der Waals surface area contributed by atoms with Crippen LogP contribution in [0.3, 0.4) is 0 Å². The Morgan fingerprint density at radius 2 is 1.25 bits per heavy atom. The molecule has 232 valence electrons. The van der Waals surface area contributed by atoms with Crippen molar-refractivity contribution in [1.29, 1.82) is 0 Å². The van der Waals surface area contributed by atoms with E-state index < -0.39 is 0 Å². The highest BCUT2D eigenvalue weighted by Gasteiger charge is 2.24. The average molecular weight is 561 g/mol. The summed E-state index contributed by atoms with van der Waals surface area (Å²) in [6.45, 7) is 9.21. The largest absolute Gasteiger partial charge is 0.508 e. The number of hydrogen-bond acceptors (Lipinski definition) is 4. The van der Waals surface area contributed by atoms with Gasteiger partial charge in [-0.3, -0.25) is 4.79 Å². The van der Waals surface area contributed by atoms with Crippen LogP contribution in [-0.4, -0.2) is 22.8 Å². The minimum absolute atomic E-state index is 0.0475. The Bertz CT molecular complexity index is 757. The van der Waals surface area contributed by atoms with Crippen LogP contribution in [0.2, 0.25) is 0 Å². The minimum atomic E-state index is -0.207. The van der Waals surface area contributed by atoms with Crippen LogP contribution in [0.15, 0.2) is 18.2 Å². The van der Waals surface area contributed by atoms with E-state index in [9.17, 15) is 15.0 Å². The topological polar surface area (TPSA) is 66.8 Å². The summed E-state index contributed by atoms with van der Waals surface area (Å²) < 4.78 is 5.49. The Morgan fingerprint density at radius 3 is 1.77 bits per heavy atom. The maximum absolute atomic E-state index is 12.1. The van der Waals surface area contributed by atoms with Gasteiger partial charge in [0.2, 0.25) is 0 Å². The summed E-state index contributed by atoms with van der Waals surface area (Å²) in [6, 6.07) is 4.74. The third-order valence-corrected chi connectivity index (χ3v) is 8.57. The fraction of sp³-hybridized carbons (Fsp3) is 0.806. The second kappa shape index (κ2) is 22.9. The van der Waals surface area contributed by atoms with Crippen molar-refractivity contribution >= 4 is 5.97 Å². The summed E-state index contributed by atoms with van der Waals surface area (Å²) in [7, 11) is 0. The van der Waals surface area contributed by atoms with Gasteiger partial charge in [-0.05, 0) is 48.8 Å². The molecule has 4 nitrogen and oxygen atoms in total. The first-order valence-corrected chi connectivity index (χ1v) is 16.9. The molecule has 0 radical (unpaired) electrons. The lowest BCUT2D eigenvalue weighted by Gasteiger charge is -2.27. The molecule has 0 aromatic heterocycles. The van der Waals surface area contributed by atoms with E-state index in [1.807, 2.05) is 0 Å². The standard InChI is InChI=1S/C36H64O4/c1-5-6-7-8-9-10-11-12-13-14-15-16-17-18-19-20-21-24-35(39)40-29-27-31(2)23-22-28-36(3,4)33-30-32(37)25-26-34(33)38/h25-26,30-31,37-38H,5-24,27-29H2,1-4H3. The number of phenolic OH excluding ortho intramolecular Hbond substituents is 2. The van der Waals surface area contributed by atoms with Crippen molar-refractivity contribution in [2.45, 2.75) is 174 Å². The van der Waals surface area contributed by atoms with Crippen molar-refractivity contribution in [3.05, 3.63) is 23.8 Å². The van der Waals surface area contributed by atoms with E-state index >= 15 is 0 Å². The van der Waals surface area contributed by atoms with Crippen LogP contribution in [-0.2, 0) is 14.9 Å². The molecule has 0 spiro atoms. The fourth-order valence-electron chi connectivity index (χ4n) is 5.68. The zero-order valence-corrected chi connectivity index (χ0v) is 26.8. The van der Waals surface area contributed by atoms with Gasteiger partial charge < -0.3 is 14.9 Å². The second-order valence-electron chi connectivity index (χ2n) is 13.0. The number of ether oxygens (including phenoxy) is 1. The highest BCUT2D eigenvalue weighted by Crippen LogP contribution is 2.37. The van der Waals surface area contributed by atoms with Crippen LogP contribution in [0.25, 0.3) is 0 Å². The molecule has 1 atom stereocenters. The Morgan fingerprint density at radius 1 is 0.750 bits per heavy atom. The minimum Gasteiger partial charge on any atom is -0.508 e. The maximum Gasteiger partial charge on any atom is 0.305 e. The van der Waals surface area contributed by atoms with Crippen molar-refractivity contribution in [3.63, 3.8) is 0 Å². The monoisotopic (exact) mass is 560 g/mol. The molecule has 1 aromatic rings. The Hall–Kier alpha value is -1.71. The SMILES string of the molecule is CCCCCCCCCCCCCCCCCCCC(=O)OCCC(C)CCCC(C)(C)c1cc(O)ccc1O. The van der Waals surface area contributed by atoms with Gasteiger partial charge in [0.15, 0.2) is 0 Å². The van der Waals surface area contributed by atoms with E-state index in [2.05, 4.69) is 27.7 Å². The summed E-state index contributed by atoms with van der Waals surface area (Å²) in [6.07, 6.45) is 27.3. The summed E-state index contributed by atoms with van der Waals surface area (Å²) in [5.41, 5.74) is 0.584. The third-order valence-electron chi connectivity index (χ3n) is 8.57. The smallest absolute Gasteiger partial charge is 0.305 e. The van der Waals surface area contributed by atoms with Crippen molar-refractivity contribution in [1.82, 2.24) is 0 Å². The molecular weight excluding hydrogens is 496 g/mol. The lowest BCUT2D eigenvalue weighted by atomic mass is 9.79. The number of hydrogen-bond donors (Lipinski definition) is 2. The lowest BCUT2D eigenvalue weighted by molar-refractivity contribution is -0.144. The molecule has 4 heteroatoms. The lowest BCUT2D eigenvalue weighted by Crippen LogP contribution is -2.17. The van der Waals surface area contributed by atoms with Gasteiger partial charge in [0.1, 0.15) is 11.5 Å². The van der Waals surface area contributed by atoms with E-state index in [0.717, 1.165) is 44.1 Å². The van der Waals surface area contributed by atoms with E-state index in [0.29, 0.717) is 18.9 Å². The normalized spacial score (nSPS) is 12.5. The summed E-state index contributed by atoms with van der Waals surface area (Å²) in [5, 5.41) is 20.0. The van der Waals surface area contributed by atoms with Crippen LogP contribution >= 0.6 is 0 Å². The van der Waals surface area contributed by atoms with E-state index in [4.69, 9.17) is 4.74 Å². The van der Waals surface area contributed by atoms with Crippen LogP contribution in [0.1, 0.15) is 175 Å². The second-order valence-corrected chi connectivity index (χ2v) is 13.0. The van der Waals surface area contributed by atoms with Gasteiger partial charge >= 0.3 is 5.97 Å². The summed E-state index contributed by atoms with van der Waals surface area (Å²) in [4.78, 5) is 12.1. The van der Waals surface area contributed by atoms with Gasteiger partial charge in [0.05, 0.1) is 6.61 Å². The number of benzene rings is 1. The number of phenols is 2. The molecular formula is C36H64O4. The van der Waals surface area contributed by atoms with Gasteiger partial charge in [-0.1, -0.05) is 143 Å².